The van der Waals surface area contributed by atoms with Gasteiger partial charge in [0, 0.05) is 11.9 Å². The second-order valence-corrected chi connectivity index (χ2v) is 5.58. The van der Waals surface area contributed by atoms with Crippen LogP contribution in [0.5, 0.6) is 0 Å². The molecular weight excluding hydrogens is 248 g/mol. The van der Waals surface area contributed by atoms with Crippen LogP contribution in [0.2, 0.25) is 0 Å². The van der Waals surface area contributed by atoms with Crippen LogP contribution in [-0.2, 0) is 22.5 Å². The monoisotopic (exact) mass is 268 g/mol. The van der Waals surface area contributed by atoms with Crippen LogP contribution in [0.1, 0.15) is 36.9 Å². The molecule has 1 saturated heterocycles. The third-order valence-electron chi connectivity index (χ3n) is 3.27. The Bertz CT molecular complexity index is 405. The quantitative estimate of drug-likeness (QED) is 0.768. The number of nitrogens with zero attached hydrogens (tertiary/aromatic N) is 2. The van der Waals surface area contributed by atoms with Gasteiger partial charge in [-0.3, -0.25) is 9.69 Å². The minimum absolute atomic E-state index is 0.0775. The maximum Gasteiger partial charge on any atom is 0.323 e. The molecule has 0 aliphatic carbocycles. The summed E-state index contributed by atoms with van der Waals surface area (Å²) in [6.07, 6.45) is 4.14. The number of esters is 1. The second-order valence-electron chi connectivity index (χ2n) is 4.63. The number of hydrogen-bond donors (Lipinski definition) is 0. The number of hydrogen-bond acceptors (Lipinski definition) is 5. The van der Waals surface area contributed by atoms with E-state index in [-0.39, 0.29) is 12.0 Å². The average Bonchev–Trinajstić information content (AvgIpc) is 2.99. The van der Waals surface area contributed by atoms with E-state index in [2.05, 4.69) is 22.2 Å². The van der Waals surface area contributed by atoms with Crippen molar-refractivity contribution in [2.24, 2.45) is 0 Å². The minimum atomic E-state index is -0.114. The number of carbonyl (C=O) groups is 1. The van der Waals surface area contributed by atoms with Crippen molar-refractivity contribution < 1.29 is 9.53 Å². The first-order chi connectivity index (χ1) is 8.74. The highest BCUT2D eigenvalue weighted by Gasteiger charge is 2.31. The summed E-state index contributed by atoms with van der Waals surface area (Å²) >= 11 is 1.72. The molecule has 1 aromatic heterocycles. The molecule has 0 aromatic carbocycles. The summed E-state index contributed by atoms with van der Waals surface area (Å²) in [5.74, 6) is -0.114. The van der Waals surface area contributed by atoms with Crippen molar-refractivity contribution in [1.82, 2.24) is 9.88 Å². The van der Waals surface area contributed by atoms with E-state index in [1.54, 1.807) is 11.3 Å². The van der Waals surface area contributed by atoms with E-state index >= 15 is 0 Å². The summed E-state index contributed by atoms with van der Waals surface area (Å²) in [4.78, 5) is 18.4. The van der Waals surface area contributed by atoms with Crippen molar-refractivity contribution in [2.75, 3.05) is 13.7 Å². The predicted octanol–water partition coefficient (Wildman–Crippen LogP) is 2.23. The van der Waals surface area contributed by atoms with Crippen LogP contribution in [0.3, 0.4) is 0 Å². The highest BCUT2D eigenvalue weighted by atomic mass is 32.1. The Morgan fingerprint density at radius 3 is 3.22 bits per heavy atom. The number of rotatable bonds is 5. The Balaban J connectivity index is 1.96. The van der Waals surface area contributed by atoms with Crippen molar-refractivity contribution in [3.05, 3.63) is 16.1 Å². The molecule has 100 valence electrons. The molecule has 0 saturated carbocycles. The number of carbonyl (C=O) groups excluding carboxylic acids is 1. The smallest absolute Gasteiger partial charge is 0.323 e. The lowest BCUT2D eigenvalue weighted by atomic mass is 10.2. The minimum Gasteiger partial charge on any atom is -0.468 e. The standard InChI is InChI=1S/C13H20N2O2S/c1-3-5-12-14-10(9-18-12)8-15-7-4-6-11(15)13(16)17-2/h9,11H,3-8H2,1-2H3. The van der Waals surface area contributed by atoms with Crippen LogP contribution in [0.15, 0.2) is 5.38 Å². The van der Waals surface area contributed by atoms with Crippen molar-refractivity contribution in [2.45, 2.75) is 45.2 Å². The zero-order chi connectivity index (χ0) is 13.0. The molecule has 0 N–H and O–H groups in total. The van der Waals surface area contributed by atoms with Crippen LogP contribution in [0.4, 0.5) is 0 Å². The molecule has 18 heavy (non-hydrogen) atoms. The van der Waals surface area contributed by atoms with Gasteiger partial charge in [-0.2, -0.15) is 0 Å². The van der Waals surface area contributed by atoms with Gasteiger partial charge in [-0.15, -0.1) is 11.3 Å². The first-order valence-electron chi connectivity index (χ1n) is 6.49. The Morgan fingerprint density at radius 2 is 2.50 bits per heavy atom. The van der Waals surface area contributed by atoms with Crippen molar-refractivity contribution >= 4 is 17.3 Å². The Hall–Kier alpha value is -0.940. The number of aryl methyl sites for hydroxylation is 1. The van der Waals surface area contributed by atoms with Gasteiger partial charge in [0.25, 0.3) is 0 Å². The van der Waals surface area contributed by atoms with Gasteiger partial charge in [-0.05, 0) is 32.2 Å². The normalized spacial score (nSPS) is 20.2. The number of aromatic nitrogens is 1. The van der Waals surface area contributed by atoms with Crippen molar-refractivity contribution in [1.29, 1.82) is 0 Å². The molecule has 5 heteroatoms. The van der Waals surface area contributed by atoms with Gasteiger partial charge in [-0.1, -0.05) is 6.92 Å². The molecule has 1 aliphatic rings. The van der Waals surface area contributed by atoms with Crippen LogP contribution >= 0.6 is 11.3 Å². The summed E-state index contributed by atoms with van der Waals surface area (Å²) < 4.78 is 4.85. The van der Waals surface area contributed by atoms with E-state index in [4.69, 9.17) is 4.74 Å². The van der Waals surface area contributed by atoms with Gasteiger partial charge in [0.15, 0.2) is 0 Å². The van der Waals surface area contributed by atoms with Gasteiger partial charge in [0.1, 0.15) is 6.04 Å². The molecule has 4 nitrogen and oxygen atoms in total. The highest BCUT2D eigenvalue weighted by Crippen LogP contribution is 2.22. The lowest BCUT2D eigenvalue weighted by Gasteiger charge is -2.21. The van der Waals surface area contributed by atoms with Crippen LogP contribution in [0.25, 0.3) is 0 Å². The van der Waals surface area contributed by atoms with Gasteiger partial charge in [0.05, 0.1) is 17.8 Å². The number of ether oxygens (including phenoxy) is 1. The molecule has 1 aliphatic heterocycles. The zero-order valence-electron chi connectivity index (χ0n) is 11.0. The van der Waals surface area contributed by atoms with Gasteiger partial charge < -0.3 is 4.74 Å². The molecular formula is C13H20N2O2S. The van der Waals surface area contributed by atoms with Crippen molar-refractivity contribution in [3.8, 4) is 0 Å². The largest absolute Gasteiger partial charge is 0.468 e. The third kappa shape index (κ3) is 3.09. The van der Waals surface area contributed by atoms with Gasteiger partial charge in [0.2, 0.25) is 0 Å². The zero-order valence-corrected chi connectivity index (χ0v) is 11.8. The SMILES string of the molecule is CCCc1nc(CN2CCCC2C(=O)OC)cs1. The topological polar surface area (TPSA) is 42.4 Å². The Kier molecular flexibility index (Phi) is 4.72. The van der Waals surface area contributed by atoms with E-state index in [0.717, 1.165) is 44.5 Å². The van der Waals surface area contributed by atoms with Crippen LogP contribution < -0.4 is 0 Å². The summed E-state index contributed by atoms with van der Waals surface area (Å²) in [6, 6.07) is -0.0775. The molecule has 0 radical (unpaired) electrons. The molecule has 2 rings (SSSR count). The molecule has 2 heterocycles. The third-order valence-corrected chi connectivity index (χ3v) is 4.22. The molecule has 1 atom stereocenters. The molecule has 0 spiro atoms. The fraction of sp³-hybridized carbons (Fsp3) is 0.692. The lowest BCUT2D eigenvalue weighted by molar-refractivity contribution is -0.146. The predicted molar refractivity (Wildman–Crippen MR) is 71.6 cm³/mol. The van der Waals surface area contributed by atoms with E-state index in [1.807, 2.05) is 0 Å². The summed E-state index contributed by atoms with van der Waals surface area (Å²) in [6.45, 7) is 3.88. The van der Waals surface area contributed by atoms with Crippen LogP contribution in [-0.4, -0.2) is 35.5 Å². The summed E-state index contributed by atoms with van der Waals surface area (Å²) in [7, 11) is 1.46. The van der Waals surface area contributed by atoms with Gasteiger partial charge >= 0.3 is 5.97 Å². The fourth-order valence-electron chi connectivity index (χ4n) is 2.38. The number of methoxy groups -OCH3 is 1. The maximum absolute atomic E-state index is 11.6. The van der Waals surface area contributed by atoms with Crippen molar-refractivity contribution in [3.63, 3.8) is 0 Å². The van der Waals surface area contributed by atoms with E-state index in [0.29, 0.717) is 0 Å². The first-order valence-corrected chi connectivity index (χ1v) is 7.37. The number of likely N-dealkylation sites (tertiary alicyclic amines) is 1. The van der Waals surface area contributed by atoms with E-state index in [1.165, 1.54) is 12.1 Å². The van der Waals surface area contributed by atoms with E-state index in [9.17, 15) is 4.79 Å². The highest BCUT2D eigenvalue weighted by molar-refractivity contribution is 7.09. The molecule has 1 fully saturated rings. The van der Waals surface area contributed by atoms with Crippen LogP contribution in [0, 0.1) is 0 Å². The second kappa shape index (κ2) is 6.29. The summed E-state index contributed by atoms with van der Waals surface area (Å²) in [5.41, 5.74) is 1.08. The fourth-order valence-corrected chi connectivity index (χ4v) is 3.27. The Morgan fingerprint density at radius 1 is 1.67 bits per heavy atom. The summed E-state index contributed by atoms with van der Waals surface area (Å²) in [5, 5.41) is 3.30. The average molecular weight is 268 g/mol. The lowest BCUT2D eigenvalue weighted by Crippen LogP contribution is -2.36. The van der Waals surface area contributed by atoms with E-state index < -0.39 is 0 Å². The van der Waals surface area contributed by atoms with Gasteiger partial charge in [-0.25, -0.2) is 4.98 Å². The molecule has 0 amide bonds. The number of thiazole rings is 1. The maximum atomic E-state index is 11.6. The molecule has 1 unspecified atom stereocenters. The first kappa shape index (κ1) is 13.5. The molecule has 0 bridgehead atoms. The Labute approximate surface area is 112 Å². The molecule has 1 aromatic rings.